The lowest BCUT2D eigenvalue weighted by Crippen LogP contribution is -2.66. The van der Waals surface area contributed by atoms with Crippen LogP contribution in [0.3, 0.4) is 0 Å². The van der Waals surface area contributed by atoms with E-state index in [4.69, 9.17) is 9.47 Å². The van der Waals surface area contributed by atoms with E-state index in [-0.39, 0.29) is 5.72 Å². The van der Waals surface area contributed by atoms with E-state index >= 15 is 0 Å². The summed E-state index contributed by atoms with van der Waals surface area (Å²) in [6.45, 7) is 8.42. The predicted octanol–water partition coefficient (Wildman–Crippen LogP) is 1.92. The molecule has 0 aromatic rings. The summed E-state index contributed by atoms with van der Waals surface area (Å²) in [6.07, 6.45) is 4.93. The van der Waals surface area contributed by atoms with Crippen molar-refractivity contribution >= 4 is 0 Å². The second-order valence-electron chi connectivity index (χ2n) is 6.82. The van der Waals surface area contributed by atoms with E-state index in [2.05, 4.69) is 19.2 Å². The molecule has 3 fully saturated rings. The molecule has 92 valence electrons. The van der Waals surface area contributed by atoms with Gasteiger partial charge in [-0.3, -0.25) is 5.32 Å². The Hall–Kier alpha value is -0.120. The molecular formula is C13H23NO2. The molecule has 0 aromatic carbocycles. The van der Waals surface area contributed by atoms with Crippen molar-refractivity contribution in [1.82, 2.24) is 5.32 Å². The number of nitrogens with one attached hydrogen (secondary N) is 1. The van der Waals surface area contributed by atoms with Crippen LogP contribution >= 0.6 is 0 Å². The topological polar surface area (TPSA) is 30.5 Å². The second-order valence-corrected chi connectivity index (χ2v) is 6.82. The summed E-state index contributed by atoms with van der Waals surface area (Å²) >= 11 is 0. The molecule has 2 heterocycles. The quantitative estimate of drug-likeness (QED) is 0.683. The van der Waals surface area contributed by atoms with Crippen molar-refractivity contribution in [3.05, 3.63) is 0 Å². The molecule has 3 heteroatoms. The zero-order chi connectivity index (χ0) is 11.3. The summed E-state index contributed by atoms with van der Waals surface area (Å²) in [4.78, 5) is 0. The van der Waals surface area contributed by atoms with Gasteiger partial charge in [0.2, 0.25) is 0 Å². The molecule has 1 unspecified atom stereocenters. The fourth-order valence-electron chi connectivity index (χ4n) is 3.39. The standard InChI is InChI=1S/C13H23NO2/c1-11(2)4-3-5-13(6-11)14-7-12(10-16-13)8-15-9-12/h14H,3-10H2,1-2H3. The third-order valence-electron chi connectivity index (χ3n) is 4.45. The molecule has 2 saturated heterocycles. The van der Waals surface area contributed by atoms with Crippen LogP contribution in [0, 0.1) is 10.8 Å². The van der Waals surface area contributed by atoms with Gasteiger partial charge in [0, 0.05) is 6.54 Å². The van der Waals surface area contributed by atoms with E-state index in [0.717, 1.165) is 32.8 Å². The van der Waals surface area contributed by atoms with Crippen LogP contribution in [0.2, 0.25) is 0 Å². The van der Waals surface area contributed by atoms with Gasteiger partial charge in [-0.15, -0.1) is 0 Å². The monoisotopic (exact) mass is 225 g/mol. The highest BCUT2D eigenvalue weighted by Crippen LogP contribution is 2.45. The van der Waals surface area contributed by atoms with Crippen molar-refractivity contribution in [3.63, 3.8) is 0 Å². The Balaban J connectivity index is 1.67. The van der Waals surface area contributed by atoms with E-state index in [9.17, 15) is 0 Å². The molecule has 0 radical (unpaired) electrons. The van der Waals surface area contributed by atoms with Gasteiger partial charge in [-0.25, -0.2) is 0 Å². The Morgan fingerprint density at radius 3 is 2.38 bits per heavy atom. The van der Waals surface area contributed by atoms with E-state index in [0.29, 0.717) is 10.8 Å². The molecule has 1 aliphatic carbocycles. The summed E-state index contributed by atoms with van der Waals surface area (Å²) in [7, 11) is 0. The maximum absolute atomic E-state index is 6.21. The smallest absolute Gasteiger partial charge is 0.119 e. The number of hydrogen-bond donors (Lipinski definition) is 1. The van der Waals surface area contributed by atoms with Gasteiger partial charge in [0.15, 0.2) is 0 Å². The van der Waals surface area contributed by atoms with Gasteiger partial charge < -0.3 is 9.47 Å². The van der Waals surface area contributed by atoms with E-state index in [1.54, 1.807) is 0 Å². The lowest BCUT2D eigenvalue weighted by molar-refractivity contribution is -0.236. The largest absolute Gasteiger partial charge is 0.380 e. The highest BCUT2D eigenvalue weighted by Gasteiger charge is 2.50. The van der Waals surface area contributed by atoms with E-state index in [1.807, 2.05) is 0 Å². The van der Waals surface area contributed by atoms with E-state index in [1.165, 1.54) is 19.3 Å². The van der Waals surface area contributed by atoms with Crippen molar-refractivity contribution in [2.45, 2.75) is 45.3 Å². The Morgan fingerprint density at radius 2 is 1.88 bits per heavy atom. The van der Waals surface area contributed by atoms with Crippen LogP contribution in [0.15, 0.2) is 0 Å². The Kier molecular flexibility index (Phi) is 2.36. The van der Waals surface area contributed by atoms with Crippen LogP contribution in [0.5, 0.6) is 0 Å². The van der Waals surface area contributed by atoms with Gasteiger partial charge in [-0.1, -0.05) is 13.8 Å². The second kappa shape index (κ2) is 3.44. The number of hydrogen-bond acceptors (Lipinski definition) is 3. The predicted molar refractivity (Wildman–Crippen MR) is 62.2 cm³/mol. The summed E-state index contributed by atoms with van der Waals surface area (Å²) in [5, 5.41) is 3.68. The van der Waals surface area contributed by atoms with Crippen molar-refractivity contribution in [2.24, 2.45) is 10.8 Å². The van der Waals surface area contributed by atoms with Gasteiger partial charge in [-0.2, -0.15) is 0 Å². The third kappa shape index (κ3) is 1.79. The summed E-state index contributed by atoms with van der Waals surface area (Å²) < 4.78 is 11.5. The highest BCUT2D eigenvalue weighted by molar-refractivity contribution is 4.99. The molecule has 1 saturated carbocycles. The lowest BCUT2D eigenvalue weighted by atomic mass is 9.71. The zero-order valence-corrected chi connectivity index (χ0v) is 10.5. The lowest BCUT2D eigenvalue weighted by Gasteiger charge is -2.54. The minimum absolute atomic E-state index is 0.0252. The Labute approximate surface area is 97.9 Å². The van der Waals surface area contributed by atoms with Gasteiger partial charge in [0.25, 0.3) is 0 Å². The number of rotatable bonds is 0. The van der Waals surface area contributed by atoms with Gasteiger partial charge in [0.1, 0.15) is 5.72 Å². The SMILES string of the molecule is CC1(C)CCCC2(C1)NCC1(COC1)CO2. The van der Waals surface area contributed by atoms with Crippen LogP contribution in [-0.4, -0.2) is 32.1 Å². The first-order valence-corrected chi connectivity index (χ1v) is 6.50. The summed E-state index contributed by atoms with van der Waals surface area (Å²) in [5.41, 5.74) is 0.696. The molecule has 2 spiro atoms. The molecule has 3 nitrogen and oxygen atoms in total. The Bertz CT molecular complexity index is 274. The number of ether oxygens (including phenoxy) is 2. The normalized spacial score (nSPS) is 40.9. The van der Waals surface area contributed by atoms with Crippen molar-refractivity contribution in [2.75, 3.05) is 26.4 Å². The van der Waals surface area contributed by atoms with Crippen LogP contribution < -0.4 is 5.32 Å². The molecule has 2 aliphatic heterocycles. The Morgan fingerprint density at radius 1 is 1.06 bits per heavy atom. The molecule has 16 heavy (non-hydrogen) atoms. The highest BCUT2D eigenvalue weighted by atomic mass is 16.5. The van der Waals surface area contributed by atoms with Crippen LogP contribution in [0.4, 0.5) is 0 Å². The third-order valence-corrected chi connectivity index (χ3v) is 4.45. The van der Waals surface area contributed by atoms with Crippen LogP contribution in [-0.2, 0) is 9.47 Å². The van der Waals surface area contributed by atoms with Crippen LogP contribution in [0.25, 0.3) is 0 Å². The average molecular weight is 225 g/mol. The first-order valence-electron chi connectivity index (χ1n) is 6.50. The molecule has 3 rings (SSSR count). The first kappa shape index (κ1) is 11.0. The van der Waals surface area contributed by atoms with Crippen molar-refractivity contribution in [1.29, 1.82) is 0 Å². The minimum atomic E-state index is -0.0252. The van der Waals surface area contributed by atoms with Crippen molar-refractivity contribution in [3.8, 4) is 0 Å². The van der Waals surface area contributed by atoms with E-state index < -0.39 is 0 Å². The summed E-state index contributed by atoms with van der Waals surface area (Å²) in [6, 6.07) is 0. The fraction of sp³-hybridized carbons (Fsp3) is 1.00. The minimum Gasteiger partial charge on any atom is -0.380 e. The summed E-state index contributed by atoms with van der Waals surface area (Å²) in [5.74, 6) is 0. The maximum Gasteiger partial charge on any atom is 0.119 e. The molecule has 0 amide bonds. The molecule has 0 bridgehead atoms. The van der Waals surface area contributed by atoms with Crippen molar-refractivity contribution < 1.29 is 9.47 Å². The zero-order valence-electron chi connectivity index (χ0n) is 10.5. The molecule has 1 N–H and O–H groups in total. The molecular weight excluding hydrogens is 202 g/mol. The van der Waals surface area contributed by atoms with Crippen LogP contribution in [0.1, 0.15) is 39.5 Å². The first-order chi connectivity index (χ1) is 7.54. The van der Waals surface area contributed by atoms with Gasteiger partial charge >= 0.3 is 0 Å². The maximum atomic E-state index is 6.21. The molecule has 3 aliphatic rings. The molecule has 0 aromatic heterocycles. The average Bonchev–Trinajstić information content (AvgIpc) is 2.15. The molecule has 1 atom stereocenters. The van der Waals surface area contributed by atoms with Gasteiger partial charge in [0.05, 0.1) is 25.2 Å². The van der Waals surface area contributed by atoms with Gasteiger partial charge in [-0.05, 0) is 31.1 Å². The fourth-order valence-corrected chi connectivity index (χ4v) is 3.39.